The molecule has 0 saturated carbocycles. The van der Waals surface area contributed by atoms with Gasteiger partial charge in [0.1, 0.15) is 0 Å². The fourth-order valence-electron chi connectivity index (χ4n) is 4.47. The van der Waals surface area contributed by atoms with E-state index in [0.29, 0.717) is 11.7 Å². The first kappa shape index (κ1) is 25.5. The van der Waals surface area contributed by atoms with E-state index in [9.17, 15) is 0 Å². The number of nitrogens with zero attached hydrogens (tertiary/aromatic N) is 3. The van der Waals surface area contributed by atoms with E-state index in [4.69, 9.17) is 9.98 Å². The van der Waals surface area contributed by atoms with Crippen LogP contribution in [0.15, 0.2) is 161 Å². The van der Waals surface area contributed by atoms with Crippen molar-refractivity contribution in [1.29, 1.82) is 0 Å². The fraction of sp³-hybridized carbons (Fsp3) is 0.0278. The third-order valence-electron chi connectivity index (χ3n) is 6.41. The molecule has 0 amide bonds. The van der Waals surface area contributed by atoms with Crippen molar-refractivity contribution in [3.63, 3.8) is 0 Å². The Kier molecular flexibility index (Phi) is 8.10. The van der Waals surface area contributed by atoms with Crippen LogP contribution >= 0.6 is 0 Å². The summed E-state index contributed by atoms with van der Waals surface area (Å²) < 4.78 is 0. The molecular formula is C36H29N3. The monoisotopic (exact) mass is 503 g/mol. The lowest BCUT2D eigenvalue weighted by atomic mass is 9.96. The average Bonchev–Trinajstić information content (AvgIpc) is 3.00. The van der Waals surface area contributed by atoms with Crippen LogP contribution < -0.4 is 0 Å². The van der Waals surface area contributed by atoms with E-state index in [1.807, 2.05) is 73.7 Å². The number of allylic oxidation sites excluding steroid dienone is 5. The van der Waals surface area contributed by atoms with E-state index in [-0.39, 0.29) is 0 Å². The Labute approximate surface area is 229 Å². The van der Waals surface area contributed by atoms with Gasteiger partial charge in [0.05, 0.1) is 0 Å². The maximum absolute atomic E-state index is 4.88. The molecule has 5 aromatic carbocycles. The van der Waals surface area contributed by atoms with E-state index < -0.39 is 0 Å². The van der Waals surface area contributed by atoms with Crippen molar-refractivity contribution in [2.75, 3.05) is 0 Å². The average molecular weight is 504 g/mol. The number of aliphatic imine (C=N–C) groups is 3. The Bertz CT molecular complexity index is 1770. The second-order valence-corrected chi connectivity index (χ2v) is 8.97. The summed E-state index contributed by atoms with van der Waals surface area (Å²) in [4.78, 5) is 13.9. The first-order chi connectivity index (χ1) is 19.3. The first-order valence-corrected chi connectivity index (χ1v) is 12.9. The van der Waals surface area contributed by atoms with Crippen LogP contribution in [0.3, 0.4) is 0 Å². The first-order valence-electron chi connectivity index (χ1n) is 12.9. The highest BCUT2D eigenvalue weighted by Gasteiger charge is 2.11. The van der Waals surface area contributed by atoms with Gasteiger partial charge in [0, 0.05) is 17.3 Å². The van der Waals surface area contributed by atoms with Crippen LogP contribution in [-0.4, -0.2) is 18.4 Å². The quantitative estimate of drug-likeness (QED) is 0.126. The minimum Gasteiger partial charge on any atom is -0.244 e. The number of hydrogen-bond donors (Lipinski definition) is 0. The van der Waals surface area contributed by atoms with E-state index >= 15 is 0 Å². The van der Waals surface area contributed by atoms with E-state index in [2.05, 4.69) is 84.5 Å². The molecule has 0 heterocycles. The lowest BCUT2D eigenvalue weighted by Gasteiger charge is -2.10. The number of rotatable bonds is 6. The van der Waals surface area contributed by atoms with Crippen LogP contribution in [-0.2, 0) is 0 Å². The minimum absolute atomic E-state index is 0.525. The molecule has 0 aliphatic carbocycles. The summed E-state index contributed by atoms with van der Waals surface area (Å²) in [6.45, 7) is 5.76. The summed E-state index contributed by atoms with van der Waals surface area (Å²) >= 11 is 0. The fourth-order valence-corrected chi connectivity index (χ4v) is 4.47. The van der Waals surface area contributed by atoms with Crippen LogP contribution in [0.4, 0.5) is 0 Å². The van der Waals surface area contributed by atoms with Gasteiger partial charge in [0.25, 0.3) is 0 Å². The van der Waals surface area contributed by atoms with Crippen molar-refractivity contribution in [1.82, 2.24) is 0 Å². The Morgan fingerprint density at radius 2 is 1.31 bits per heavy atom. The maximum Gasteiger partial charge on any atom is 0.162 e. The highest BCUT2D eigenvalue weighted by atomic mass is 15.0. The predicted octanol–water partition coefficient (Wildman–Crippen LogP) is 9.20. The van der Waals surface area contributed by atoms with Crippen molar-refractivity contribution in [3.8, 4) is 11.1 Å². The Morgan fingerprint density at radius 1 is 0.615 bits per heavy atom. The van der Waals surface area contributed by atoms with Crippen molar-refractivity contribution >= 4 is 39.9 Å². The molecule has 0 fully saturated rings. The molecule has 188 valence electrons. The zero-order chi connectivity index (χ0) is 26.9. The number of benzene rings is 5. The zero-order valence-electron chi connectivity index (χ0n) is 21.9. The van der Waals surface area contributed by atoms with Gasteiger partial charge >= 0.3 is 0 Å². The normalized spacial score (nSPS) is 12.8. The summed E-state index contributed by atoms with van der Waals surface area (Å²) in [6.07, 6.45) is 11.5. The molecule has 0 aromatic heterocycles. The molecule has 0 bridgehead atoms. The highest BCUT2D eigenvalue weighted by molar-refractivity contribution is 6.17. The van der Waals surface area contributed by atoms with Gasteiger partial charge in [-0.1, -0.05) is 121 Å². The lowest BCUT2D eigenvalue weighted by Crippen LogP contribution is -2.05. The number of hydrogen-bond acceptors (Lipinski definition) is 1. The summed E-state index contributed by atoms with van der Waals surface area (Å²) in [5.41, 5.74) is 4.16. The molecule has 3 nitrogen and oxygen atoms in total. The van der Waals surface area contributed by atoms with Gasteiger partial charge in [-0.05, 0) is 64.5 Å². The molecule has 39 heavy (non-hydrogen) atoms. The van der Waals surface area contributed by atoms with E-state index in [0.717, 1.165) is 21.9 Å². The molecule has 0 aliphatic heterocycles. The molecule has 0 radical (unpaired) electrons. The van der Waals surface area contributed by atoms with Gasteiger partial charge in [-0.3, -0.25) is 0 Å². The Morgan fingerprint density at radius 3 is 2.10 bits per heavy atom. The number of amidine groups is 2. The number of fused-ring (bicyclic) bond motifs is 2. The Hall–Kier alpha value is -5.15. The van der Waals surface area contributed by atoms with Crippen LogP contribution in [0.5, 0.6) is 0 Å². The third-order valence-corrected chi connectivity index (χ3v) is 6.41. The van der Waals surface area contributed by atoms with Crippen LogP contribution in [0.25, 0.3) is 32.7 Å². The standard InChI is InChI=1S/C36H29N3/c1-3-4-5-6-12-24-38-36(39-35(37-2)28-15-8-7-9-16-28)34-19-13-18-32-26-31(22-23-33(32)34)30-21-20-27-14-10-11-17-29(27)25-30/h3-26H,2H2,1H3/b4-3+,6-5-,24-12-,38-36-,39-35-. The van der Waals surface area contributed by atoms with Crippen molar-refractivity contribution in [2.45, 2.75) is 6.92 Å². The molecular weight excluding hydrogens is 474 g/mol. The zero-order valence-corrected chi connectivity index (χ0v) is 21.9. The maximum atomic E-state index is 4.88. The Balaban J connectivity index is 1.60. The lowest BCUT2D eigenvalue weighted by molar-refractivity contribution is 1.44. The largest absolute Gasteiger partial charge is 0.244 e. The second kappa shape index (κ2) is 12.4. The van der Waals surface area contributed by atoms with Crippen LogP contribution in [0.1, 0.15) is 18.1 Å². The molecule has 0 unspecified atom stereocenters. The summed E-state index contributed by atoms with van der Waals surface area (Å²) in [6, 6.07) is 37.6. The summed E-state index contributed by atoms with van der Waals surface area (Å²) in [7, 11) is 0. The summed E-state index contributed by atoms with van der Waals surface area (Å²) in [5, 5.41) is 4.65. The molecule has 0 N–H and O–H groups in total. The van der Waals surface area contributed by atoms with Crippen molar-refractivity contribution < 1.29 is 0 Å². The van der Waals surface area contributed by atoms with Gasteiger partial charge in [0.2, 0.25) is 0 Å². The molecule has 0 saturated heterocycles. The van der Waals surface area contributed by atoms with Gasteiger partial charge in [-0.25, -0.2) is 15.0 Å². The van der Waals surface area contributed by atoms with Crippen LogP contribution in [0.2, 0.25) is 0 Å². The summed E-state index contributed by atoms with van der Waals surface area (Å²) in [5.74, 6) is 1.10. The molecule has 0 atom stereocenters. The van der Waals surface area contributed by atoms with Crippen LogP contribution in [0, 0.1) is 0 Å². The highest BCUT2D eigenvalue weighted by Crippen LogP contribution is 2.29. The second-order valence-electron chi connectivity index (χ2n) is 8.97. The molecule has 3 heteroatoms. The van der Waals surface area contributed by atoms with Crippen molar-refractivity contribution in [3.05, 3.63) is 157 Å². The molecule has 0 aliphatic rings. The van der Waals surface area contributed by atoms with Gasteiger partial charge < -0.3 is 0 Å². The topological polar surface area (TPSA) is 37.1 Å². The molecule has 5 aromatic rings. The smallest absolute Gasteiger partial charge is 0.162 e. The SMILES string of the molecule is C=N\C(=N/C(=N\C=C/C=C\C=C\C)c1cccc2cc(-c3ccc4ccccc4c3)ccc12)c1ccccc1. The van der Waals surface area contributed by atoms with Gasteiger partial charge in [0.15, 0.2) is 11.7 Å². The van der Waals surface area contributed by atoms with Gasteiger partial charge in [-0.15, -0.1) is 0 Å². The van der Waals surface area contributed by atoms with Gasteiger partial charge in [-0.2, -0.15) is 0 Å². The predicted molar refractivity (Wildman–Crippen MR) is 169 cm³/mol. The van der Waals surface area contributed by atoms with Crippen molar-refractivity contribution in [2.24, 2.45) is 15.0 Å². The molecule has 0 spiro atoms. The minimum atomic E-state index is 0.525. The third kappa shape index (κ3) is 6.06. The molecule has 5 rings (SSSR count). The van der Waals surface area contributed by atoms with E-state index in [1.54, 1.807) is 6.20 Å². The van der Waals surface area contributed by atoms with E-state index in [1.165, 1.54) is 21.9 Å².